The highest BCUT2D eigenvalue weighted by molar-refractivity contribution is 7.71. The number of piperidine rings is 1. The Balaban J connectivity index is 1.78. The Morgan fingerprint density at radius 1 is 1.52 bits per heavy atom. The normalized spacial score (nSPS) is 19.0. The second-order valence-electron chi connectivity index (χ2n) is 5.45. The van der Waals surface area contributed by atoms with E-state index in [1.54, 1.807) is 6.07 Å². The Morgan fingerprint density at radius 2 is 2.33 bits per heavy atom. The van der Waals surface area contributed by atoms with Crippen molar-refractivity contribution in [2.45, 2.75) is 25.7 Å². The van der Waals surface area contributed by atoms with Gasteiger partial charge in [-0.15, -0.1) is 0 Å². The molecule has 7 heteroatoms. The summed E-state index contributed by atoms with van der Waals surface area (Å²) in [5.41, 5.74) is 0. The Kier molecular flexibility index (Phi) is 3.67. The highest BCUT2D eigenvalue weighted by Crippen LogP contribution is 2.26. The monoisotopic (exact) mass is 306 g/mol. The molecule has 3 heterocycles. The molecule has 6 nitrogen and oxygen atoms in total. The zero-order valence-corrected chi connectivity index (χ0v) is 12.9. The van der Waals surface area contributed by atoms with Gasteiger partial charge in [0.2, 0.25) is 0 Å². The fourth-order valence-corrected chi connectivity index (χ4v) is 2.94. The predicted molar refractivity (Wildman–Crippen MR) is 79.7 cm³/mol. The number of hydrogen-bond acceptors (Lipinski definition) is 4. The zero-order chi connectivity index (χ0) is 15.0. The number of furan rings is 1. The van der Waals surface area contributed by atoms with E-state index >= 15 is 0 Å². The summed E-state index contributed by atoms with van der Waals surface area (Å²) >= 11 is 5.15. The summed E-state index contributed by atoms with van der Waals surface area (Å²) in [5, 5.41) is 7.10. The summed E-state index contributed by atoms with van der Waals surface area (Å²) in [7, 11) is 1.90. The molecule has 0 aliphatic carbocycles. The van der Waals surface area contributed by atoms with Crippen LogP contribution in [-0.2, 0) is 7.05 Å². The van der Waals surface area contributed by atoms with Gasteiger partial charge in [-0.3, -0.25) is 9.89 Å². The summed E-state index contributed by atoms with van der Waals surface area (Å²) < 4.78 is 7.92. The third-order valence-electron chi connectivity index (χ3n) is 3.94. The molecule has 112 valence electrons. The largest absolute Gasteiger partial charge is 0.456 e. The van der Waals surface area contributed by atoms with E-state index in [4.69, 9.17) is 16.6 Å². The first-order chi connectivity index (χ1) is 10.1. The van der Waals surface area contributed by atoms with Crippen LogP contribution in [0, 0.1) is 11.7 Å². The molecule has 0 saturated carbocycles. The minimum absolute atomic E-state index is 0.0513. The van der Waals surface area contributed by atoms with Crippen LogP contribution in [0.3, 0.4) is 0 Å². The minimum atomic E-state index is -0.0513. The molecule has 1 aliphatic rings. The van der Waals surface area contributed by atoms with E-state index in [1.165, 1.54) is 0 Å². The van der Waals surface area contributed by atoms with Crippen LogP contribution < -0.4 is 0 Å². The number of hydrogen-bond donors (Lipinski definition) is 1. The molecule has 2 aromatic heterocycles. The van der Waals surface area contributed by atoms with Crippen molar-refractivity contribution in [2.75, 3.05) is 13.1 Å². The Bertz CT molecular complexity index is 715. The van der Waals surface area contributed by atoms with E-state index < -0.39 is 0 Å². The van der Waals surface area contributed by atoms with Crippen molar-refractivity contribution in [3.05, 3.63) is 34.2 Å². The van der Waals surface area contributed by atoms with Crippen molar-refractivity contribution in [3.63, 3.8) is 0 Å². The number of aromatic amines is 1. The molecule has 1 amide bonds. The molecule has 1 saturated heterocycles. The van der Waals surface area contributed by atoms with Crippen LogP contribution >= 0.6 is 12.2 Å². The average molecular weight is 306 g/mol. The average Bonchev–Trinajstić information content (AvgIpc) is 3.06. The maximum atomic E-state index is 12.5. The van der Waals surface area contributed by atoms with Crippen molar-refractivity contribution in [1.29, 1.82) is 0 Å². The van der Waals surface area contributed by atoms with Gasteiger partial charge in [-0.25, -0.2) is 0 Å². The molecular weight excluding hydrogens is 288 g/mol. The fourth-order valence-electron chi connectivity index (χ4n) is 2.80. The maximum Gasteiger partial charge on any atom is 0.289 e. The first-order valence-electron chi connectivity index (χ1n) is 7.03. The Labute approximate surface area is 127 Å². The number of H-pyrrole nitrogens is 1. The van der Waals surface area contributed by atoms with Crippen LogP contribution in [0.2, 0.25) is 0 Å². The highest BCUT2D eigenvalue weighted by atomic mass is 32.1. The van der Waals surface area contributed by atoms with E-state index in [1.807, 2.05) is 29.5 Å². The molecular formula is C14H18N4O2S. The lowest BCUT2D eigenvalue weighted by Crippen LogP contribution is -2.39. The number of carbonyl (C=O) groups is 1. The quantitative estimate of drug-likeness (QED) is 0.865. The fraction of sp³-hybridized carbons (Fsp3) is 0.500. The molecule has 1 unspecified atom stereocenters. The van der Waals surface area contributed by atoms with Crippen LogP contribution in [0.1, 0.15) is 40.9 Å². The zero-order valence-electron chi connectivity index (χ0n) is 12.1. The number of amides is 1. The third-order valence-corrected chi connectivity index (χ3v) is 4.30. The lowest BCUT2D eigenvalue weighted by Gasteiger charge is -2.31. The van der Waals surface area contributed by atoms with Crippen molar-refractivity contribution in [1.82, 2.24) is 19.7 Å². The Hall–Kier alpha value is -1.89. The number of likely N-dealkylation sites (tertiary alicyclic amines) is 1. The van der Waals surface area contributed by atoms with Gasteiger partial charge in [0.15, 0.2) is 10.5 Å². The van der Waals surface area contributed by atoms with Crippen LogP contribution in [-0.4, -0.2) is 38.7 Å². The molecule has 3 rings (SSSR count). The SMILES string of the molecule is Cc1ccc(C(=O)N2CCCC(c3n[nH]c(=S)n3C)C2)o1. The van der Waals surface area contributed by atoms with Crippen LogP contribution in [0.15, 0.2) is 16.5 Å². The van der Waals surface area contributed by atoms with Crippen molar-refractivity contribution in [2.24, 2.45) is 7.05 Å². The number of aromatic nitrogens is 3. The van der Waals surface area contributed by atoms with Crippen molar-refractivity contribution < 1.29 is 9.21 Å². The van der Waals surface area contributed by atoms with Gasteiger partial charge in [0.25, 0.3) is 5.91 Å². The Morgan fingerprint density at radius 3 is 2.95 bits per heavy atom. The van der Waals surface area contributed by atoms with E-state index in [9.17, 15) is 4.79 Å². The number of nitrogens with zero attached hydrogens (tertiary/aromatic N) is 3. The van der Waals surface area contributed by atoms with Gasteiger partial charge in [-0.05, 0) is 44.1 Å². The molecule has 2 aromatic rings. The lowest BCUT2D eigenvalue weighted by molar-refractivity contribution is 0.0670. The first kappa shape index (κ1) is 14.1. The van der Waals surface area contributed by atoms with Gasteiger partial charge in [0.05, 0.1) is 0 Å². The third kappa shape index (κ3) is 2.65. The molecule has 0 radical (unpaired) electrons. The van der Waals surface area contributed by atoms with Crippen LogP contribution in [0.25, 0.3) is 0 Å². The lowest BCUT2D eigenvalue weighted by atomic mass is 9.97. The topological polar surface area (TPSA) is 67.1 Å². The highest BCUT2D eigenvalue weighted by Gasteiger charge is 2.29. The maximum absolute atomic E-state index is 12.5. The van der Waals surface area contributed by atoms with Gasteiger partial charge >= 0.3 is 0 Å². The summed E-state index contributed by atoms with van der Waals surface area (Å²) in [4.78, 5) is 14.3. The minimum Gasteiger partial charge on any atom is -0.456 e. The molecule has 1 aliphatic heterocycles. The molecule has 0 aromatic carbocycles. The van der Waals surface area contributed by atoms with Gasteiger partial charge < -0.3 is 13.9 Å². The molecule has 1 N–H and O–H groups in total. The number of nitrogens with one attached hydrogen (secondary N) is 1. The second-order valence-corrected chi connectivity index (χ2v) is 5.83. The number of rotatable bonds is 2. The second kappa shape index (κ2) is 5.48. The van der Waals surface area contributed by atoms with Gasteiger partial charge in [-0.2, -0.15) is 5.10 Å². The standard InChI is InChI=1S/C14H18N4O2S/c1-9-5-6-11(20-9)13(19)18-7-3-4-10(8-18)12-15-16-14(21)17(12)2/h5-6,10H,3-4,7-8H2,1-2H3,(H,16,21). The molecule has 0 spiro atoms. The molecule has 1 fully saturated rings. The van der Waals surface area contributed by atoms with E-state index in [-0.39, 0.29) is 11.8 Å². The molecule has 1 atom stereocenters. The van der Waals surface area contributed by atoms with E-state index in [0.29, 0.717) is 17.1 Å². The van der Waals surface area contributed by atoms with Gasteiger partial charge in [-0.1, -0.05) is 0 Å². The van der Waals surface area contributed by atoms with Crippen molar-refractivity contribution >= 4 is 18.1 Å². The summed E-state index contributed by atoms with van der Waals surface area (Å²) in [6.45, 7) is 3.24. The first-order valence-corrected chi connectivity index (χ1v) is 7.44. The molecule has 21 heavy (non-hydrogen) atoms. The number of aryl methyl sites for hydroxylation is 1. The van der Waals surface area contributed by atoms with Gasteiger partial charge in [0.1, 0.15) is 11.6 Å². The molecule has 0 bridgehead atoms. The van der Waals surface area contributed by atoms with Crippen LogP contribution in [0.5, 0.6) is 0 Å². The number of carbonyl (C=O) groups excluding carboxylic acids is 1. The van der Waals surface area contributed by atoms with Crippen LogP contribution in [0.4, 0.5) is 0 Å². The van der Waals surface area contributed by atoms with E-state index in [2.05, 4.69) is 10.2 Å². The summed E-state index contributed by atoms with van der Waals surface area (Å²) in [6, 6.07) is 3.54. The van der Waals surface area contributed by atoms with Gasteiger partial charge in [0, 0.05) is 26.1 Å². The van der Waals surface area contributed by atoms with E-state index in [0.717, 1.165) is 31.0 Å². The van der Waals surface area contributed by atoms with Crippen molar-refractivity contribution in [3.8, 4) is 0 Å². The summed E-state index contributed by atoms with van der Waals surface area (Å²) in [5.74, 6) is 2.22. The summed E-state index contributed by atoms with van der Waals surface area (Å²) in [6.07, 6.45) is 1.96. The smallest absolute Gasteiger partial charge is 0.289 e. The predicted octanol–water partition coefficient (Wildman–Crippen LogP) is 2.40.